The van der Waals surface area contributed by atoms with Crippen LogP contribution in [-0.2, 0) is 9.59 Å². The highest BCUT2D eigenvalue weighted by molar-refractivity contribution is 7.80. The van der Waals surface area contributed by atoms with Crippen molar-refractivity contribution in [2.75, 3.05) is 4.90 Å². The Morgan fingerprint density at radius 1 is 0.909 bits per heavy atom. The topological polar surface area (TPSA) is 66.7 Å². The van der Waals surface area contributed by atoms with Gasteiger partial charge in [0.1, 0.15) is 11.4 Å². The smallest absolute Gasteiger partial charge is 0.270 e. The Morgan fingerprint density at radius 3 is 2.27 bits per heavy atom. The molecular formula is C24H14Cl2N4O2S. The lowest BCUT2D eigenvalue weighted by Gasteiger charge is -2.28. The van der Waals surface area contributed by atoms with E-state index in [0.717, 1.165) is 11.1 Å². The highest BCUT2D eigenvalue weighted by Gasteiger charge is 2.35. The first-order chi connectivity index (χ1) is 15.9. The first-order valence-corrected chi connectivity index (χ1v) is 11.0. The molecule has 162 valence electrons. The Labute approximate surface area is 204 Å². The number of hydrogen-bond acceptors (Lipinski definition) is 4. The third-order valence-corrected chi connectivity index (χ3v) is 5.94. The van der Waals surface area contributed by atoms with E-state index in [9.17, 15) is 9.59 Å². The number of benzene rings is 2. The molecule has 6 nitrogen and oxygen atoms in total. The number of carbonyl (C=O) groups is 2. The average Bonchev–Trinajstić information content (AvgIpc) is 3.17. The van der Waals surface area contributed by atoms with E-state index in [4.69, 9.17) is 40.4 Å². The molecule has 1 aliphatic heterocycles. The zero-order valence-corrected chi connectivity index (χ0v) is 19.2. The fourth-order valence-electron chi connectivity index (χ4n) is 3.59. The lowest BCUT2D eigenvalue weighted by Crippen LogP contribution is -2.54. The molecule has 5 rings (SSSR count). The molecule has 1 fully saturated rings. The van der Waals surface area contributed by atoms with Crippen LogP contribution in [0.1, 0.15) is 5.69 Å². The minimum Gasteiger partial charge on any atom is -0.299 e. The number of amides is 2. The maximum atomic E-state index is 13.3. The van der Waals surface area contributed by atoms with Gasteiger partial charge in [0.25, 0.3) is 11.8 Å². The molecular weight excluding hydrogens is 479 g/mol. The van der Waals surface area contributed by atoms with E-state index in [1.807, 2.05) is 40.9 Å². The summed E-state index contributed by atoms with van der Waals surface area (Å²) in [5.41, 5.74) is 2.47. The van der Waals surface area contributed by atoms with Crippen LogP contribution < -0.4 is 10.2 Å². The van der Waals surface area contributed by atoms with E-state index < -0.39 is 11.8 Å². The second kappa shape index (κ2) is 8.44. The summed E-state index contributed by atoms with van der Waals surface area (Å²) >= 11 is 17.2. The Kier molecular flexibility index (Phi) is 5.46. The van der Waals surface area contributed by atoms with Gasteiger partial charge in [-0.3, -0.25) is 24.2 Å². The van der Waals surface area contributed by atoms with E-state index >= 15 is 0 Å². The Morgan fingerprint density at radius 2 is 1.58 bits per heavy atom. The number of nitrogens with one attached hydrogen (secondary N) is 1. The quantitative estimate of drug-likeness (QED) is 0.244. The predicted octanol–water partition coefficient (Wildman–Crippen LogP) is 5.14. The monoisotopic (exact) mass is 492 g/mol. The number of imidazole rings is 1. The number of nitrogens with zero attached hydrogens (tertiary/aromatic N) is 3. The molecule has 0 spiro atoms. The molecule has 0 saturated carbocycles. The molecule has 0 unspecified atom stereocenters. The van der Waals surface area contributed by atoms with Crippen LogP contribution >= 0.6 is 35.4 Å². The zero-order chi connectivity index (χ0) is 23.1. The van der Waals surface area contributed by atoms with E-state index in [1.165, 1.54) is 11.0 Å². The van der Waals surface area contributed by atoms with Crippen molar-refractivity contribution >= 4 is 69.6 Å². The molecule has 1 saturated heterocycles. The summed E-state index contributed by atoms with van der Waals surface area (Å²) < 4.78 is 1.89. The molecule has 2 aromatic carbocycles. The van der Waals surface area contributed by atoms with Gasteiger partial charge >= 0.3 is 0 Å². The molecule has 1 aliphatic rings. The second-order valence-electron chi connectivity index (χ2n) is 7.22. The normalized spacial score (nSPS) is 15.4. The molecule has 2 aromatic heterocycles. The molecule has 0 atom stereocenters. The molecule has 3 heterocycles. The van der Waals surface area contributed by atoms with Crippen LogP contribution in [0.3, 0.4) is 0 Å². The van der Waals surface area contributed by atoms with Gasteiger partial charge in [-0.1, -0.05) is 29.3 Å². The van der Waals surface area contributed by atoms with Crippen molar-refractivity contribution in [3.8, 4) is 11.4 Å². The molecule has 33 heavy (non-hydrogen) atoms. The Bertz CT molecular complexity index is 1460. The van der Waals surface area contributed by atoms with Crippen molar-refractivity contribution in [2.45, 2.75) is 0 Å². The Hall–Kier alpha value is -3.52. The highest BCUT2D eigenvalue weighted by Crippen LogP contribution is 2.28. The minimum absolute atomic E-state index is 0.000948. The van der Waals surface area contributed by atoms with Crippen LogP contribution in [0, 0.1) is 0 Å². The summed E-state index contributed by atoms with van der Waals surface area (Å²) in [5.74, 6) is -0.473. The van der Waals surface area contributed by atoms with Crippen molar-refractivity contribution in [1.29, 1.82) is 0 Å². The lowest BCUT2D eigenvalue weighted by atomic mass is 10.1. The van der Waals surface area contributed by atoms with Gasteiger partial charge in [-0.15, -0.1) is 0 Å². The summed E-state index contributed by atoms with van der Waals surface area (Å²) in [5, 5.41) is 3.72. The SMILES string of the molecule is O=C1NC(=S)N(c2ccc(Cl)cc2)C(=O)C1=Cc1nc(-c2ccc(Cl)cc2)n2ccccc12. The molecule has 4 aromatic rings. The van der Waals surface area contributed by atoms with Crippen LogP contribution in [0.25, 0.3) is 23.0 Å². The van der Waals surface area contributed by atoms with Gasteiger partial charge in [0.05, 0.1) is 16.9 Å². The van der Waals surface area contributed by atoms with Crippen LogP contribution in [0.15, 0.2) is 78.5 Å². The minimum atomic E-state index is -0.583. The number of aromatic nitrogens is 2. The maximum absolute atomic E-state index is 13.3. The van der Waals surface area contributed by atoms with E-state index in [1.54, 1.807) is 36.4 Å². The first kappa shape index (κ1) is 21.3. The van der Waals surface area contributed by atoms with Gasteiger partial charge in [-0.2, -0.15) is 0 Å². The van der Waals surface area contributed by atoms with Gasteiger partial charge in [-0.25, -0.2) is 4.98 Å². The van der Waals surface area contributed by atoms with Gasteiger partial charge in [-0.05, 0) is 79.0 Å². The Balaban J connectivity index is 1.62. The summed E-state index contributed by atoms with van der Waals surface area (Å²) in [7, 11) is 0. The lowest BCUT2D eigenvalue weighted by molar-refractivity contribution is -0.122. The number of halogens is 2. The summed E-state index contributed by atoms with van der Waals surface area (Å²) in [4.78, 5) is 32.0. The highest BCUT2D eigenvalue weighted by atomic mass is 35.5. The van der Waals surface area contributed by atoms with Crippen LogP contribution in [0.5, 0.6) is 0 Å². The number of anilines is 1. The molecule has 0 radical (unpaired) electrons. The number of hydrogen-bond donors (Lipinski definition) is 1. The molecule has 2 amide bonds. The van der Waals surface area contributed by atoms with E-state index in [-0.39, 0.29) is 10.7 Å². The summed E-state index contributed by atoms with van der Waals surface area (Å²) in [6.45, 7) is 0. The van der Waals surface area contributed by atoms with Crippen molar-refractivity contribution < 1.29 is 9.59 Å². The fraction of sp³-hybridized carbons (Fsp3) is 0. The van der Waals surface area contributed by atoms with Crippen molar-refractivity contribution in [3.05, 3.63) is 94.2 Å². The van der Waals surface area contributed by atoms with Crippen LogP contribution in [-0.4, -0.2) is 26.3 Å². The number of pyridine rings is 1. The largest absolute Gasteiger partial charge is 0.299 e. The first-order valence-electron chi connectivity index (χ1n) is 9.82. The summed E-state index contributed by atoms with van der Waals surface area (Å²) in [6.07, 6.45) is 3.35. The third-order valence-electron chi connectivity index (χ3n) is 5.15. The van der Waals surface area contributed by atoms with Crippen LogP contribution in [0.2, 0.25) is 10.0 Å². The molecule has 1 N–H and O–H groups in total. The zero-order valence-electron chi connectivity index (χ0n) is 16.8. The molecule has 0 bridgehead atoms. The number of thiocarbonyl (C=S) groups is 1. The number of fused-ring (bicyclic) bond motifs is 1. The molecule has 0 aliphatic carbocycles. The molecule has 9 heteroatoms. The van der Waals surface area contributed by atoms with E-state index in [0.29, 0.717) is 27.3 Å². The van der Waals surface area contributed by atoms with Gasteiger partial charge in [0.15, 0.2) is 5.11 Å². The van der Waals surface area contributed by atoms with Crippen molar-refractivity contribution in [3.63, 3.8) is 0 Å². The fourth-order valence-corrected chi connectivity index (χ4v) is 4.12. The standard InChI is InChI=1S/C24H14Cl2N4O2S/c25-15-6-4-14(5-7-15)21-27-19(20-3-1-2-12-29(20)21)13-18-22(31)28-24(33)30(23(18)32)17-10-8-16(26)9-11-17/h1-13H,(H,28,31,33). The predicted molar refractivity (Wildman–Crippen MR) is 133 cm³/mol. The van der Waals surface area contributed by atoms with E-state index in [2.05, 4.69) is 5.32 Å². The number of rotatable bonds is 3. The summed E-state index contributed by atoms with van der Waals surface area (Å²) in [6, 6.07) is 19.5. The van der Waals surface area contributed by atoms with Crippen molar-refractivity contribution in [2.24, 2.45) is 0 Å². The van der Waals surface area contributed by atoms with Gasteiger partial charge in [0.2, 0.25) is 0 Å². The average molecular weight is 493 g/mol. The van der Waals surface area contributed by atoms with Gasteiger partial charge in [0, 0.05) is 21.8 Å². The number of carbonyl (C=O) groups excluding carboxylic acids is 2. The van der Waals surface area contributed by atoms with Crippen molar-refractivity contribution in [1.82, 2.24) is 14.7 Å². The maximum Gasteiger partial charge on any atom is 0.270 e. The van der Waals surface area contributed by atoms with Crippen LogP contribution in [0.4, 0.5) is 5.69 Å². The third kappa shape index (κ3) is 3.91. The second-order valence-corrected chi connectivity index (χ2v) is 8.48. The van der Waals surface area contributed by atoms with Gasteiger partial charge < -0.3 is 0 Å².